The molecule has 23 heavy (non-hydrogen) atoms. The van der Waals surface area contributed by atoms with Crippen molar-refractivity contribution in [3.63, 3.8) is 0 Å². The molecule has 1 rings (SSSR count). The first-order chi connectivity index (χ1) is 10.7. The van der Waals surface area contributed by atoms with E-state index in [4.69, 9.17) is 14.7 Å². The molecule has 0 aliphatic carbocycles. The summed E-state index contributed by atoms with van der Waals surface area (Å²) < 4.78 is 10.3. The number of nitrogens with one attached hydrogen (secondary N) is 1. The third-order valence-electron chi connectivity index (χ3n) is 3.34. The minimum absolute atomic E-state index is 0.162. The van der Waals surface area contributed by atoms with Gasteiger partial charge in [-0.05, 0) is 37.5 Å². The molecule has 0 unspecified atom stereocenters. The van der Waals surface area contributed by atoms with E-state index in [1.165, 1.54) is 26.2 Å². The molecule has 124 valence electrons. The van der Waals surface area contributed by atoms with Crippen LogP contribution in [-0.4, -0.2) is 24.6 Å². The molecule has 1 amide bonds. The number of hydrogen-bond donors (Lipinski definition) is 1. The Balaban J connectivity index is 2.98. The van der Waals surface area contributed by atoms with E-state index in [1.807, 2.05) is 19.9 Å². The zero-order valence-corrected chi connectivity index (χ0v) is 14.1. The second kappa shape index (κ2) is 7.75. The Morgan fingerprint density at radius 1 is 1.39 bits per heavy atom. The fraction of sp³-hybridized carbons (Fsp3) is 0.471. The van der Waals surface area contributed by atoms with Crippen LogP contribution in [0.1, 0.15) is 39.7 Å². The van der Waals surface area contributed by atoms with Crippen molar-refractivity contribution in [3.8, 4) is 11.8 Å². The predicted octanol–water partition coefficient (Wildman–Crippen LogP) is 2.87. The Kier molecular flexibility index (Phi) is 6.28. The quantitative estimate of drug-likeness (QED) is 0.643. The van der Waals surface area contributed by atoms with Gasteiger partial charge in [0.2, 0.25) is 0 Å². The van der Waals surface area contributed by atoms with Crippen LogP contribution in [0.5, 0.6) is 5.75 Å². The first-order valence-electron chi connectivity index (χ1n) is 7.31. The number of carbonyl (C=O) groups is 2. The summed E-state index contributed by atoms with van der Waals surface area (Å²) in [4.78, 5) is 23.5. The van der Waals surface area contributed by atoms with E-state index in [2.05, 4.69) is 5.32 Å². The topological polar surface area (TPSA) is 88.4 Å². The van der Waals surface area contributed by atoms with Gasteiger partial charge in [-0.25, -0.2) is 0 Å². The fourth-order valence-electron chi connectivity index (χ4n) is 2.25. The van der Waals surface area contributed by atoms with Crippen LogP contribution in [0, 0.1) is 17.2 Å². The van der Waals surface area contributed by atoms with Crippen LogP contribution in [-0.2, 0) is 14.3 Å². The van der Waals surface area contributed by atoms with E-state index in [-0.39, 0.29) is 23.1 Å². The predicted molar refractivity (Wildman–Crippen MR) is 86.0 cm³/mol. The van der Waals surface area contributed by atoms with E-state index in [0.717, 1.165) is 0 Å². The number of hydrogen-bond acceptors (Lipinski definition) is 5. The SMILES string of the molecule is CO[C@](C)(CC(C)C)C(=O)Nc1ccc(OC(C)=O)c(C#N)c1. The van der Waals surface area contributed by atoms with Crippen molar-refractivity contribution >= 4 is 17.6 Å². The monoisotopic (exact) mass is 318 g/mol. The fourth-order valence-corrected chi connectivity index (χ4v) is 2.25. The van der Waals surface area contributed by atoms with Crippen molar-refractivity contribution in [2.45, 2.75) is 39.7 Å². The Bertz CT molecular complexity index is 634. The lowest BCUT2D eigenvalue weighted by Gasteiger charge is -2.28. The lowest BCUT2D eigenvalue weighted by atomic mass is 9.93. The number of esters is 1. The maximum atomic E-state index is 12.5. The summed E-state index contributed by atoms with van der Waals surface area (Å²) >= 11 is 0. The molecule has 1 N–H and O–H groups in total. The average Bonchev–Trinajstić information content (AvgIpc) is 2.47. The Morgan fingerprint density at radius 2 is 2.04 bits per heavy atom. The van der Waals surface area contributed by atoms with Crippen molar-refractivity contribution in [2.75, 3.05) is 12.4 Å². The van der Waals surface area contributed by atoms with Crippen LogP contribution in [0.4, 0.5) is 5.69 Å². The molecule has 0 radical (unpaired) electrons. The maximum Gasteiger partial charge on any atom is 0.308 e. The molecule has 1 atom stereocenters. The average molecular weight is 318 g/mol. The van der Waals surface area contributed by atoms with Crippen molar-refractivity contribution in [1.82, 2.24) is 0 Å². The van der Waals surface area contributed by atoms with Gasteiger partial charge < -0.3 is 14.8 Å². The summed E-state index contributed by atoms with van der Waals surface area (Å²) in [7, 11) is 1.49. The van der Waals surface area contributed by atoms with Gasteiger partial charge in [-0.2, -0.15) is 5.26 Å². The molecule has 1 aromatic rings. The van der Waals surface area contributed by atoms with E-state index in [9.17, 15) is 9.59 Å². The first kappa shape index (κ1) is 18.7. The van der Waals surface area contributed by atoms with E-state index in [1.54, 1.807) is 13.0 Å². The molecule has 0 aromatic heterocycles. The summed E-state index contributed by atoms with van der Waals surface area (Å²) in [5.74, 6) is -0.360. The summed E-state index contributed by atoms with van der Waals surface area (Å²) in [5.41, 5.74) is -0.356. The van der Waals surface area contributed by atoms with Crippen LogP contribution < -0.4 is 10.1 Å². The third kappa shape index (κ3) is 5.08. The lowest BCUT2D eigenvalue weighted by molar-refractivity contribution is -0.137. The molecule has 0 spiro atoms. The number of amides is 1. The highest BCUT2D eigenvalue weighted by Crippen LogP contribution is 2.25. The van der Waals surface area contributed by atoms with Crippen molar-refractivity contribution < 1.29 is 19.1 Å². The number of ether oxygens (including phenoxy) is 2. The highest BCUT2D eigenvalue weighted by atomic mass is 16.5. The number of carbonyl (C=O) groups excluding carboxylic acids is 2. The van der Waals surface area contributed by atoms with Gasteiger partial charge in [0.15, 0.2) is 0 Å². The van der Waals surface area contributed by atoms with Gasteiger partial charge >= 0.3 is 5.97 Å². The Hall–Kier alpha value is -2.39. The number of nitriles is 1. The minimum Gasteiger partial charge on any atom is -0.425 e. The largest absolute Gasteiger partial charge is 0.425 e. The van der Waals surface area contributed by atoms with Crippen LogP contribution >= 0.6 is 0 Å². The number of benzene rings is 1. The van der Waals surface area contributed by atoms with E-state index >= 15 is 0 Å². The van der Waals surface area contributed by atoms with Gasteiger partial charge in [-0.3, -0.25) is 9.59 Å². The molecule has 1 aromatic carbocycles. The van der Waals surface area contributed by atoms with E-state index in [0.29, 0.717) is 12.1 Å². The minimum atomic E-state index is -0.963. The van der Waals surface area contributed by atoms with Gasteiger partial charge in [0.1, 0.15) is 17.4 Å². The molecule has 6 nitrogen and oxygen atoms in total. The normalized spacial score (nSPS) is 13.1. The molecule has 0 heterocycles. The van der Waals surface area contributed by atoms with Gasteiger partial charge in [0.25, 0.3) is 5.91 Å². The smallest absolute Gasteiger partial charge is 0.308 e. The van der Waals surface area contributed by atoms with Gasteiger partial charge in [0, 0.05) is 19.7 Å². The zero-order valence-electron chi connectivity index (χ0n) is 14.1. The highest BCUT2D eigenvalue weighted by Gasteiger charge is 2.34. The third-order valence-corrected chi connectivity index (χ3v) is 3.34. The second-order valence-corrected chi connectivity index (χ2v) is 5.90. The summed E-state index contributed by atoms with van der Waals surface area (Å²) in [6.07, 6.45) is 0.561. The number of anilines is 1. The second-order valence-electron chi connectivity index (χ2n) is 5.90. The maximum absolute atomic E-state index is 12.5. The molecule has 0 saturated heterocycles. The highest BCUT2D eigenvalue weighted by molar-refractivity contribution is 5.97. The zero-order chi connectivity index (χ0) is 17.6. The molecular formula is C17H22N2O4. The molecule has 6 heteroatoms. The van der Waals surface area contributed by atoms with Crippen LogP contribution in [0.15, 0.2) is 18.2 Å². The lowest BCUT2D eigenvalue weighted by Crippen LogP contribution is -2.43. The van der Waals surface area contributed by atoms with Gasteiger partial charge in [0.05, 0.1) is 5.56 Å². The molecule has 0 saturated carbocycles. The van der Waals surface area contributed by atoms with Crippen LogP contribution in [0.3, 0.4) is 0 Å². The summed E-state index contributed by atoms with van der Waals surface area (Å²) in [6.45, 7) is 6.99. The van der Waals surface area contributed by atoms with Crippen molar-refractivity contribution in [3.05, 3.63) is 23.8 Å². The molecule has 0 aliphatic heterocycles. The van der Waals surface area contributed by atoms with Gasteiger partial charge in [-0.1, -0.05) is 13.8 Å². The first-order valence-corrected chi connectivity index (χ1v) is 7.31. The summed E-state index contributed by atoms with van der Waals surface area (Å²) in [5, 5.41) is 11.9. The Labute approximate surface area is 136 Å². The van der Waals surface area contributed by atoms with Crippen molar-refractivity contribution in [1.29, 1.82) is 5.26 Å². The molecular weight excluding hydrogens is 296 g/mol. The number of methoxy groups -OCH3 is 1. The van der Waals surface area contributed by atoms with Crippen molar-refractivity contribution in [2.24, 2.45) is 5.92 Å². The number of nitrogens with zero attached hydrogens (tertiary/aromatic N) is 1. The van der Waals surface area contributed by atoms with Crippen LogP contribution in [0.25, 0.3) is 0 Å². The Morgan fingerprint density at radius 3 is 2.52 bits per heavy atom. The van der Waals surface area contributed by atoms with Crippen LogP contribution in [0.2, 0.25) is 0 Å². The molecule has 0 fully saturated rings. The standard InChI is InChI=1S/C17H22N2O4/c1-11(2)9-17(4,22-5)16(21)19-14-6-7-15(23-12(3)20)13(8-14)10-18/h6-8,11H,9H2,1-5H3,(H,19,21)/t17-/m1/s1. The number of rotatable bonds is 6. The summed E-state index contributed by atoms with van der Waals surface area (Å²) in [6, 6.07) is 6.45. The van der Waals surface area contributed by atoms with Gasteiger partial charge in [-0.15, -0.1) is 0 Å². The van der Waals surface area contributed by atoms with E-state index < -0.39 is 11.6 Å². The molecule has 0 bridgehead atoms. The molecule has 0 aliphatic rings.